The van der Waals surface area contributed by atoms with Crippen LogP contribution in [0.4, 0.5) is 11.6 Å². The predicted octanol–water partition coefficient (Wildman–Crippen LogP) is 2.90. The van der Waals surface area contributed by atoms with Crippen LogP contribution in [0, 0.1) is 6.92 Å². The molecule has 0 bridgehead atoms. The highest BCUT2D eigenvalue weighted by molar-refractivity contribution is 5.47. The molecular weight excluding hydrogens is 304 g/mol. The van der Waals surface area contributed by atoms with Crippen molar-refractivity contribution in [1.82, 2.24) is 9.97 Å². The Bertz CT molecular complexity index is 634. The molecule has 0 saturated carbocycles. The molecule has 0 aliphatic carbocycles. The second-order valence-electron chi connectivity index (χ2n) is 5.49. The van der Waals surface area contributed by atoms with Gasteiger partial charge in [-0.1, -0.05) is 12.1 Å². The maximum absolute atomic E-state index is 5.25. The number of hydrogen-bond donors (Lipinski definition) is 2. The lowest BCUT2D eigenvalue weighted by Gasteiger charge is -2.10. The molecule has 6 heteroatoms. The van der Waals surface area contributed by atoms with Crippen molar-refractivity contribution >= 4 is 11.6 Å². The van der Waals surface area contributed by atoms with Crippen LogP contribution in [0.2, 0.25) is 0 Å². The molecule has 130 valence electrons. The fourth-order valence-corrected chi connectivity index (χ4v) is 2.34. The van der Waals surface area contributed by atoms with Crippen molar-refractivity contribution in [3.05, 3.63) is 41.7 Å². The zero-order valence-electron chi connectivity index (χ0n) is 14.6. The second-order valence-corrected chi connectivity index (χ2v) is 5.49. The topological polar surface area (TPSA) is 68.3 Å². The SMILES string of the molecule is COCCCNc1cc(NCCc2cccc(OC)c2)nc(C)n1. The Morgan fingerprint density at radius 3 is 2.46 bits per heavy atom. The third-order valence-electron chi connectivity index (χ3n) is 3.52. The minimum absolute atomic E-state index is 0.739. The van der Waals surface area contributed by atoms with E-state index in [4.69, 9.17) is 9.47 Å². The quantitative estimate of drug-likeness (QED) is 0.653. The van der Waals surface area contributed by atoms with Crippen molar-refractivity contribution < 1.29 is 9.47 Å². The molecule has 0 amide bonds. The molecule has 0 atom stereocenters. The van der Waals surface area contributed by atoms with Gasteiger partial charge in [0.25, 0.3) is 0 Å². The van der Waals surface area contributed by atoms with Crippen LogP contribution >= 0.6 is 0 Å². The molecule has 24 heavy (non-hydrogen) atoms. The summed E-state index contributed by atoms with van der Waals surface area (Å²) in [5, 5.41) is 6.65. The summed E-state index contributed by atoms with van der Waals surface area (Å²) in [6.45, 7) is 4.26. The average Bonchev–Trinajstić information content (AvgIpc) is 2.58. The van der Waals surface area contributed by atoms with Crippen LogP contribution < -0.4 is 15.4 Å². The third-order valence-corrected chi connectivity index (χ3v) is 3.52. The van der Waals surface area contributed by atoms with Crippen LogP contribution in [0.15, 0.2) is 30.3 Å². The normalized spacial score (nSPS) is 10.5. The van der Waals surface area contributed by atoms with Crippen LogP contribution in [-0.2, 0) is 11.2 Å². The average molecular weight is 330 g/mol. The Morgan fingerprint density at radius 1 is 1.00 bits per heavy atom. The van der Waals surface area contributed by atoms with E-state index < -0.39 is 0 Å². The Morgan fingerprint density at radius 2 is 1.75 bits per heavy atom. The van der Waals surface area contributed by atoms with E-state index in [1.165, 1.54) is 5.56 Å². The highest BCUT2D eigenvalue weighted by Gasteiger charge is 2.02. The highest BCUT2D eigenvalue weighted by Crippen LogP contribution is 2.14. The van der Waals surface area contributed by atoms with Crippen LogP contribution in [0.5, 0.6) is 5.75 Å². The molecule has 0 aliphatic heterocycles. The number of aryl methyl sites for hydroxylation is 1. The molecule has 2 N–H and O–H groups in total. The summed E-state index contributed by atoms with van der Waals surface area (Å²) in [7, 11) is 3.39. The zero-order valence-corrected chi connectivity index (χ0v) is 14.6. The lowest BCUT2D eigenvalue weighted by molar-refractivity contribution is 0.198. The van der Waals surface area contributed by atoms with Gasteiger partial charge in [-0.25, -0.2) is 9.97 Å². The van der Waals surface area contributed by atoms with Crippen LogP contribution in [-0.4, -0.2) is 43.9 Å². The molecule has 1 aromatic heterocycles. The van der Waals surface area contributed by atoms with Gasteiger partial charge in [-0.2, -0.15) is 0 Å². The van der Waals surface area contributed by atoms with Crippen molar-refractivity contribution in [3.8, 4) is 5.75 Å². The van der Waals surface area contributed by atoms with E-state index in [1.807, 2.05) is 25.1 Å². The van der Waals surface area contributed by atoms with Gasteiger partial charge in [-0.3, -0.25) is 0 Å². The van der Waals surface area contributed by atoms with Crippen molar-refractivity contribution in [3.63, 3.8) is 0 Å². The molecule has 0 fully saturated rings. The van der Waals surface area contributed by atoms with E-state index >= 15 is 0 Å². The lowest BCUT2D eigenvalue weighted by Crippen LogP contribution is -2.10. The van der Waals surface area contributed by atoms with E-state index in [0.717, 1.165) is 55.7 Å². The van der Waals surface area contributed by atoms with E-state index in [0.29, 0.717) is 0 Å². The van der Waals surface area contributed by atoms with Crippen molar-refractivity contribution in [2.45, 2.75) is 19.8 Å². The number of aromatic nitrogens is 2. The van der Waals surface area contributed by atoms with E-state index in [-0.39, 0.29) is 0 Å². The van der Waals surface area contributed by atoms with Crippen LogP contribution in [0.1, 0.15) is 17.8 Å². The number of rotatable bonds is 10. The third kappa shape index (κ3) is 6.04. The second kappa shape index (κ2) is 9.72. The molecule has 1 aromatic carbocycles. The summed E-state index contributed by atoms with van der Waals surface area (Å²) < 4.78 is 10.3. The van der Waals surface area contributed by atoms with Crippen molar-refractivity contribution in [2.75, 3.05) is 44.5 Å². The smallest absolute Gasteiger partial charge is 0.131 e. The monoisotopic (exact) mass is 330 g/mol. The van der Waals surface area contributed by atoms with Crippen molar-refractivity contribution in [2.24, 2.45) is 0 Å². The first-order valence-corrected chi connectivity index (χ1v) is 8.16. The number of nitrogens with one attached hydrogen (secondary N) is 2. The van der Waals surface area contributed by atoms with Gasteiger partial charge in [-0.05, 0) is 37.5 Å². The molecule has 2 aromatic rings. The summed E-state index contributed by atoms with van der Waals surface area (Å²) in [6.07, 6.45) is 1.84. The first kappa shape index (κ1) is 18.0. The summed E-state index contributed by atoms with van der Waals surface area (Å²) >= 11 is 0. The number of ether oxygens (including phenoxy) is 2. The van der Waals surface area contributed by atoms with Gasteiger partial charge in [-0.15, -0.1) is 0 Å². The Balaban J connectivity index is 1.86. The molecule has 2 rings (SSSR count). The minimum atomic E-state index is 0.739. The fourth-order valence-electron chi connectivity index (χ4n) is 2.34. The van der Waals surface area contributed by atoms with E-state index in [2.05, 4.69) is 32.7 Å². The summed E-state index contributed by atoms with van der Waals surface area (Å²) in [5.41, 5.74) is 1.23. The first-order chi connectivity index (χ1) is 11.7. The van der Waals surface area contributed by atoms with Gasteiger partial charge in [0.15, 0.2) is 0 Å². The van der Waals surface area contributed by atoms with Crippen LogP contribution in [0.25, 0.3) is 0 Å². The maximum atomic E-state index is 5.25. The van der Waals surface area contributed by atoms with Gasteiger partial charge >= 0.3 is 0 Å². The molecule has 1 heterocycles. The van der Waals surface area contributed by atoms with Gasteiger partial charge in [0.05, 0.1) is 7.11 Å². The number of methoxy groups -OCH3 is 2. The maximum Gasteiger partial charge on any atom is 0.131 e. The number of anilines is 2. The standard InChI is InChI=1S/C18H26N4O2/c1-14-21-17(19-9-5-11-23-2)13-18(22-14)20-10-8-15-6-4-7-16(12-15)24-3/h4,6-7,12-13H,5,8-11H2,1-3H3,(H2,19,20,21,22). The van der Waals surface area contributed by atoms with Crippen LogP contribution in [0.3, 0.4) is 0 Å². The Kier molecular flexibility index (Phi) is 7.29. The predicted molar refractivity (Wildman–Crippen MR) is 96.9 cm³/mol. The Labute approximate surface area is 143 Å². The van der Waals surface area contributed by atoms with Gasteiger partial charge in [0, 0.05) is 32.9 Å². The first-order valence-electron chi connectivity index (χ1n) is 8.16. The molecule has 0 unspecified atom stereocenters. The van der Waals surface area contributed by atoms with Crippen molar-refractivity contribution in [1.29, 1.82) is 0 Å². The minimum Gasteiger partial charge on any atom is -0.497 e. The molecular formula is C18H26N4O2. The van der Waals surface area contributed by atoms with E-state index in [1.54, 1.807) is 14.2 Å². The molecule has 0 aliphatic rings. The molecule has 0 spiro atoms. The zero-order chi connectivity index (χ0) is 17.2. The summed E-state index contributed by atoms with van der Waals surface area (Å²) in [4.78, 5) is 8.83. The number of benzene rings is 1. The highest BCUT2D eigenvalue weighted by atomic mass is 16.5. The number of nitrogens with zero attached hydrogens (tertiary/aromatic N) is 2. The largest absolute Gasteiger partial charge is 0.497 e. The fraction of sp³-hybridized carbons (Fsp3) is 0.444. The molecule has 0 saturated heterocycles. The van der Waals surface area contributed by atoms with Gasteiger partial charge in [0.1, 0.15) is 23.2 Å². The Hall–Kier alpha value is -2.34. The number of hydrogen-bond acceptors (Lipinski definition) is 6. The summed E-state index contributed by atoms with van der Waals surface area (Å²) in [6, 6.07) is 10.0. The van der Waals surface area contributed by atoms with Gasteiger partial charge < -0.3 is 20.1 Å². The van der Waals surface area contributed by atoms with E-state index in [9.17, 15) is 0 Å². The summed E-state index contributed by atoms with van der Waals surface area (Å²) in [5.74, 6) is 3.30. The molecule has 0 radical (unpaired) electrons. The molecule has 6 nitrogen and oxygen atoms in total. The lowest BCUT2D eigenvalue weighted by atomic mass is 10.1. The van der Waals surface area contributed by atoms with Gasteiger partial charge in [0.2, 0.25) is 0 Å².